The zero-order chi connectivity index (χ0) is 17.1. The van der Waals surface area contributed by atoms with Gasteiger partial charge < -0.3 is 5.73 Å². The van der Waals surface area contributed by atoms with E-state index >= 15 is 0 Å². The van der Waals surface area contributed by atoms with Crippen molar-refractivity contribution in [2.24, 2.45) is 10.7 Å². The van der Waals surface area contributed by atoms with Gasteiger partial charge >= 0.3 is 0 Å². The first-order valence-electron chi connectivity index (χ1n) is 7.16. The average molecular weight is 363 g/mol. The Morgan fingerprint density at radius 2 is 2.08 bits per heavy atom. The molecular weight excluding hydrogens is 349 g/mol. The number of halogens is 1. The molecule has 1 aliphatic rings. The molecule has 1 aliphatic heterocycles. The molecule has 0 saturated carbocycles. The summed E-state index contributed by atoms with van der Waals surface area (Å²) in [6, 6.07) is 9.46. The van der Waals surface area contributed by atoms with Crippen LogP contribution in [0.5, 0.6) is 0 Å². The smallest absolute Gasteiger partial charge is 0.231 e. The lowest BCUT2D eigenvalue weighted by molar-refractivity contribution is -0.130. The first-order chi connectivity index (χ1) is 11.5. The monoisotopic (exact) mass is 363 g/mol. The van der Waals surface area contributed by atoms with Gasteiger partial charge in [-0.15, -0.1) is 11.3 Å². The average Bonchev–Trinajstić information content (AvgIpc) is 3.05. The molecule has 5 nitrogen and oxygen atoms in total. The van der Waals surface area contributed by atoms with Crippen LogP contribution >= 0.6 is 23.1 Å². The van der Waals surface area contributed by atoms with Crippen molar-refractivity contribution in [2.45, 2.75) is 18.2 Å². The van der Waals surface area contributed by atoms with E-state index in [-0.39, 0.29) is 18.1 Å². The molecule has 124 valence electrons. The molecule has 1 fully saturated rings. The Hall–Kier alpha value is -2.19. The van der Waals surface area contributed by atoms with Gasteiger partial charge in [-0.05, 0) is 35.7 Å². The summed E-state index contributed by atoms with van der Waals surface area (Å²) in [5.41, 5.74) is 5.86. The van der Waals surface area contributed by atoms with E-state index in [4.69, 9.17) is 5.73 Å². The van der Waals surface area contributed by atoms with E-state index < -0.39 is 11.2 Å². The highest BCUT2D eigenvalue weighted by atomic mass is 32.2. The molecule has 0 unspecified atom stereocenters. The number of nitrogens with two attached hydrogens (primary N) is 1. The SMILES string of the molecule is NC(=O)[C@@H]1CC(=O)N(Cc2cccs2)C(=Nc2ccc(F)cc2)S1. The summed E-state index contributed by atoms with van der Waals surface area (Å²) >= 11 is 2.70. The van der Waals surface area contributed by atoms with Gasteiger partial charge in [0.05, 0.1) is 17.5 Å². The number of primary amides is 1. The number of amidine groups is 1. The van der Waals surface area contributed by atoms with Crippen molar-refractivity contribution >= 4 is 45.8 Å². The van der Waals surface area contributed by atoms with Gasteiger partial charge in [0.1, 0.15) is 5.82 Å². The molecule has 2 N–H and O–H groups in total. The summed E-state index contributed by atoms with van der Waals surface area (Å²) in [6.45, 7) is 0.384. The summed E-state index contributed by atoms with van der Waals surface area (Å²) in [6.07, 6.45) is 0.0494. The Balaban J connectivity index is 1.92. The quantitative estimate of drug-likeness (QED) is 0.907. The topological polar surface area (TPSA) is 75.8 Å². The van der Waals surface area contributed by atoms with E-state index in [2.05, 4.69) is 4.99 Å². The predicted octanol–water partition coefficient (Wildman–Crippen LogP) is 2.89. The van der Waals surface area contributed by atoms with Crippen LogP contribution in [0.15, 0.2) is 46.8 Å². The molecule has 0 spiro atoms. The number of aliphatic imine (C=N–C) groups is 1. The minimum atomic E-state index is -0.642. The Labute approximate surface area is 146 Å². The van der Waals surface area contributed by atoms with Crippen LogP contribution in [-0.4, -0.2) is 27.1 Å². The predicted molar refractivity (Wildman–Crippen MR) is 93.6 cm³/mol. The molecule has 24 heavy (non-hydrogen) atoms. The van der Waals surface area contributed by atoms with Crippen LogP contribution in [0.1, 0.15) is 11.3 Å². The molecule has 2 aromatic rings. The van der Waals surface area contributed by atoms with Gasteiger partial charge in [0, 0.05) is 11.3 Å². The number of nitrogens with zero attached hydrogens (tertiary/aromatic N) is 2. The lowest BCUT2D eigenvalue weighted by atomic mass is 10.2. The first kappa shape index (κ1) is 16.7. The van der Waals surface area contributed by atoms with Crippen molar-refractivity contribution in [2.75, 3.05) is 0 Å². The van der Waals surface area contributed by atoms with Crippen LogP contribution in [-0.2, 0) is 16.1 Å². The molecule has 1 aromatic carbocycles. The Bertz CT molecular complexity index is 775. The summed E-state index contributed by atoms with van der Waals surface area (Å²) < 4.78 is 13.0. The Morgan fingerprint density at radius 3 is 2.71 bits per heavy atom. The maximum Gasteiger partial charge on any atom is 0.231 e. The number of thioether (sulfide) groups is 1. The van der Waals surface area contributed by atoms with Gasteiger partial charge in [0.2, 0.25) is 11.8 Å². The number of hydrogen-bond donors (Lipinski definition) is 1. The molecule has 8 heteroatoms. The second-order valence-corrected chi connectivity index (χ2v) is 7.35. The third-order valence-corrected chi connectivity index (χ3v) is 5.47. The second kappa shape index (κ2) is 7.14. The lowest BCUT2D eigenvalue weighted by Crippen LogP contribution is -2.45. The number of amides is 2. The summed E-state index contributed by atoms with van der Waals surface area (Å²) in [4.78, 5) is 30.9. The molecule has 0 bridgehead atoms. The van der Waals surface area contributed by atoms with Crippen LogP contribution in [0.25, 0.3) is 0 Å². The molecule has 1 atom stereocenters. The van der Waals surface area contributed by atoms with E-state index in [0.29, 0.717) is 17.4 Å². The number of carbonyl (C=O) groups is 2. The molecule has 2 heterocycles. The number of carbonyl (C=O) groups excluding carboxylic acids is 2. The molecule has 1 aromatic heterocycles. The number of rotatable bonds is 4. The lowest BCUT2D eigenvalue weighted by Gasteiger charge is -2.30. The van der Waals surface area contributed by atoms with Gasteiger partial charge in [-0.1, -0.05) is 17.8 Å². The molecule has 0 aliphatic carbocycles. The fourth-order valence-electron chi connectivity index (χ4n) is 2.19. The van der Waals surface area contributed by atoms with Gasteiger partial charge in [-0.3, -0.25) is 14.5 Å². The summed E-state index contributed by atoms with van der Waals surface area (Å²) in [7, 11) is 0. The van der Waals surface area contributed by atoms with Crippen LogP contribution < -0.4 is 5.73 Å². The second-order valence-electron chi connectivity index (χ2n) is 5.14. The van der Waals surface area contributed by atoms with Gasteiger partial charge in [0.25, 0.3) is 0 Å². The van der Waals surface area contributed by atoms with Crippen LogP contribution in [0.4, 0.5) is 10.1 Å². The summed E-state index contributed by atoms with van der Waals surface area (Å²) in [5.74, 6) is -1.11. The minimum Gasteiger partial charge on any atom is -0.369 e. The number of benzene rings is 1. The largest absolute Gasteiger partial charge is 0.369 e. The molecule has 3 rings (SSSR count). The van der Waals surface area contributed by atoms with Gasteiger partial charge in [0.15, 0.2) is 5.17 Å². The number of thiophene rings is 1. The normalized spacial score (nSPS) is 19.7. The fourth-order valence-corrected chi connectivity index (χ4v) is 3.93. The summed E-state index contributed by atoms with van der Waals surface area (Å²) in [5, 5.41) is 1.69. The third-order valence-electron chi connectivity index (χ3n) is 3.40. The highest BCUT2D eigenvalue weighted by molar-refractivity contribution is 8.15. The molecule has 0 radical (unpaired) electrons. The van der Waals surface area contributed by atoms with Crippen molar-refractivity contribution in [1.82, 2.24) is 4.90 Å². The Morgan fingerprint density at radius 1 is 1.33 bits per heavy atom. The van der Waals surface area contributed by atoms with Crippen molar-refractivity contribution < 1.29 is 14.0 Å². The molecule has 2 amide bonds. The maximum absolute atomic E-state index is 13.0. The van der Waals surface area contributed by atoms with E-state index in [1.165, 1.54) is 35.6 Å². The highest BCUT2D eigenvalue weighted by Gasteiger charge is 2.35. The minimum absolute atomic E-state index is 0.0494. The number of hydrogen-bond acceptors (Lipinski definition) is 5. The van der Waals surface area contributed by atoms with E-state index in [1.54, 1.807) is 4.90 Å². The van der Waals surface area contributed by atoms with Gasteiger partial charge in [-0.25, -0.2) is 9.38 Å². The highest BCUT2D eigenvalue weighted by Crippen LogP contribution is 2.30. The third kappa shape index (κ3) is 3.82. The van der Waals surface area contributed by atoms with Crippen LogP contribution in [0.3, 0.4) is 0 Å². The van der Waals surface area contributed by atoms with Crippen LogP contribution in [0, 0.1) is 5.82 Å². The van der Waals surface area contributed by atoms with E-state index in [0.717, 1.165) is 16.6 Å². The zero-order valence-corrected chi connectivity index (χ0v) is 14.1. The maximum atomic E-state index is 13.0. The Kier molecular flexibility index (Phi) is 4.96. The van der Waals surface area contributed by atoms with Crippen molar-refractivity contribution in [3.05, 3.63) is 52.5 Å². The van der Waals surface area contributed by atoms with Crippen molar-refractivity contribution in [3.63, 3.8) is 0 Å². The first-order valence-corrected chi connectivity index (χ1v) is 8.92. The van der Waals surface area contributed by atoms with Crippen LogP contribution in [0.2, 0.25) is 0 Å². The zero-order valence-electron chi connectivity index (χ0n) is 12.5. The van der Waals surface area contributed by atoms with E-state index in [1.807, 2.05) is 17.5 Å². The fraction of sp³-hybridized carbons (Fsp3) is 0.188. The standard InChI is InChI=1S/C16H14FN3O2S2/c17-10-3-5-11(6-4-10)19-16-20(9-12-2-1-7-23-12)14(21)8-13(24-16)15(18)22/h1-7,13H,8-9H2,(H2,18,22)/t13-/m0/s1. The van der Waals surface area contributed by atoms with Gasteiger partial charge in [-0.2, -0.15) is 0 Å². The molecular formula is C16H14FN3O2S2. The van der Waals surface area contributed by atoms with Crippen molar-refractivity contribution in [3.8, 4) is 0 Å². The molecule has 1 saturated heterocycles. The van der Waals surface area contributed by atoms with E-state index in [9.17, 15) is 14.0 Å². The van der Waals surface area contributed by atoms with Crippen molar-refractivity contribution in [1.29, 1.82) is 0 Å².